The fraction of sp³-hybridized carbons (Fsp3) is 0.833. The number of amides is 2. The molecule has 1 heterocycles. The highest BCUT2D eigenvalue weighted by molar-refractivity contribution is 5.83. The molecule has 1 fully saturated rings. The van der Waals surface area contributed by atoms with Gasteiger partial charge in [-0.15, -0.1) is 0 Å². The second-order valence-corrected chi connectivity index (χ2v) is 7.64. The van der Waals surface area contributed by atoms with E-state index in [-0.39, 0.29) is 19.6 Å². The summed E-state index contributed by atoms with van der Waals surface area (Å²) in [6.45, 7) is 14.9. The molecule has 0 aromatic rings. The zero-order chi connectivity index (χ0) is 20.7. The topological polar surface area (TPSA) is 85.4 Å². The molecule has 0 aliphatic carbocycles. The second-order valence-electron chi connectivity index (χ2n) is 7.64. The van der Waals surface area contributed by atoms with E-state index in [0.717, 1.165) is 0 Å². The van der Waals surface area contributed by atoms with Crippen LogP contribution in [0.4, 0.5) is 9.59 Å². The van der Waals surface area contributed by atoms with Gasteiger partial charge in [0.1, 0.15) is 11.2 Å². The molecule has 1 aliphatic heterocycles. The van der Waals surface area contributed by atoms with Gasteiger partial charge in [0.25, 0.3) is 0 Å². The van der Waals surface area contributed by atoms with Crippen LogP contribution in [0.5, 0.6) is 0 Å². The standard InChI is InChI=1S/C16H28N2O6.C2H6/c1-15(2,3)23-13(20)17-8-9-18(11(10-17)12(19)22-7)14(21)24-16(4,5)6;1-2/h11H,8-10H2,1-7H3;1-2H3. The highest BCUT2D eigenvalue weighted by atomic mass is 16.6. The van der Waals surface area contributed by atoms with Crippen molar-refractivity contribution in [1.29, 1.82) is 0 Å². The predicted octanol–water partition coefficient (Wildman–Crippen LogP) is 3.04. The van der Waals surface area contributed by atoms with E-state index in [1.807, 2.05) is 13.8 Å². The molecule has 0 bridgehead atoms. The Balaban J connectivity index is 0.00000301. The minimum Gasteiger partial charge on any atom is -0.467 e. The molecule has 0 aromatic carbocycles. The summed E-state index contributed by atoms with van der Waals surface area (Å²) >= 11 is 0. The van der Waals surface area contributed by atoms with Crippen LogP contribution in [0.1, 0.15) is 55.4 Å². The number of rotatable bonds is 1. The van der Waals surface area contributed by atoms with Crippen molar-refractivity contribution in [2.24, 2.45) is 0 Å². The van der Waals surface area contributed by atoms with E-state index in [0.29, 0.717) is 0 Å². The van der Waals surface area contributed by atoms with Crippen LogP contribution in [0.15, 0.2) is 0 Å². The summed E-state index contributed by atoms with van der Waals surface area (Å²) in [7, 11) is 1.24. The van der Waals surface area contributed by atoms with Crippen molar-refractivity contribution in [3.63, 3.8) is 0 Å². The molecule has 8 nitrogen and oxygen atoms in total. The Bertz CT molecular complexity index is 493. The van der Waals surface area contributed by atoms with Gasteiger partial charge in [-0.2, -0.15) is 0 Å². The smallest absolute Gasteiger partial charge is 0.411 e. The Labute approximate surface area is 156 Å². The van der Waals surface area contributed by atoms with Crippen molar-refractivity contribution in [2.75, 3.05) is 26.7 Å². The molecular formula is C18H34N2O6. The minimum atomic E-state index is -0.925. The Hall–Kier alpha value is -1.99. The molecule has 0 saturated carbocycles. The first-order valence-electron chi connectivity index (χ1n) is 8.89. The molecule has 1 saturated heterocycles. The molecule has 1 unspecified atom stereocenters. The van der Waals surface area contributed by atoms with Gasteiger partial charge in [-0.25, -0.2) is 14.4 Å². The molecule has 0 aromatic heterocycles. The maximum Gasteiger partial charge on any atom is 0.411 e. The van der Waals surface area contributed by atoms with E-state index in [1.165, 1.54) is 16.9 Å². The van der Waals surface area contributed by atoms with Gasteiger partial charge in [0.05, 0.1) is 13.7 Å². The average Bonchev–Trinajstić information content (AvgIpc) is 2.52. The maximum atomic E-state index is 12.3. The normalized spacial score (nSPS) is 17.7. The number of carbonyl (C=O) groups is 3. The first kappa shape index (κ1) is 24.0. The van der Waals surface area contributed by atoms with Crippen molar-refractivity contribution in [1.82, 2.24) is 9.80 Å². The number of methoxy groups -OCH3 is 1. The monoisotopic (exact) mass is 374 g/mol. The molecule has 26 heavy (non-hydrogen) atoms. The van der Waals surface area contributed by atoms with Crippen molar-refractivity contribution >= 4 is 18.2 Å². The van der Waals surface area contributed by atoms with E-state index < -0.39 is 35.4 Å². The fourth-order valence-electron chi connectivity index (χ4n) is 2.15. The van der Waals surface area contributed by atoms with Gasteiger partial charge in [0.2, 0.25) is 0 Å². The third-order valence-corrected chi connectivity index (χ3v) is 3.13. The Morgan fingerprint density at radius 1 is 0.846 bits per heavy atom. The van der Waals surface area contributed by atoms with Gasteiger partial charge in [0.15, 0.2) is 6.04 Å². The minimum absolute atomic E-state index is 0.000823. The zero-order valence-corrected chi connectivity index (χ0v) is 17.5. The molecule has 2 amide bonds. The van der Waals surface area contributed by atoms with Crippen molar-refractivity contribution in [3.05, 3.63) is 0 Å². The fourth-order valence-corrected chi connectivity index (χ4v) is 2.15. The number of carbonyl (C=O) groups excluding carboxylic acids is 3. The highest BCUT2D eigenvalue weighted by Gasteiger charge is 2.40. The van der Waals surface area contributed by atoms with Crippen LogP contribution < -0.4 is 0 Å². The van der Waals surface area contributed by atoms with Crippen LogP contribution in [0.2, 0.25) is 0 Å². The average molecular weight is 374 g/mol. The van der Waals surface area contributed by atoms with E-state index in [2.05, 4.69) is 0 Å². The SMILES string of the molecule is CC.COC(=O)C1CN(C(=O)OC(C)(C)C)CCN1C(=O)OC(C)(C)C. The quantitative estimate of drug-likeness (QED) is 0.518. The van der Waals surface area contributed by atoms with Crippen molar-refractivity contribution in [2.45, 2.75) is 72.6 Å². The van der Waals surface area contributed by atoms with Gasteiger partial charge >= 0.3 is 18.2 Å². The predicted molar refractivity (Wildman–Crippen MR) is 97.9 cm³/mol. The van der Waals surface area contributed by atoms with Crippen molar-refractivity contribution in [3.8, 4) is 0 Å². The lowest BCUT2D eigenvalue weighted by Gasteiger charge is -2.40. The number of ether oxygens (including phenoxy) is 3. The van der Waals surface area contributed by atoms with Gasteiger partial charge in [-0.05, 0) is 41.5 Å². The van der Waals surface area contributed by atoms with Gasteiger partial charge < -0.3 is 19.1 Å². The molecule has 0 radical (unpaired) electrons. The van der Waals surface area contributed by atoms with E-state index >= 15 is 0 Å². The molecule has 0 N–H and O–H groups in total. The van der Waals surface area contributed by atoms with Crippen LogP contribution in [0.3, 0.4) is 0 Å². The number of piperazine rings is 1. The highest BCUT2D eigenvalue weighted by Crippen LogP contribution is 2.19. The van der Waals surface area contributed by atoms with Gasteiger partial charge in [-0.3, -0.25) is 4.90 Å². The van der Waals surface area contributed by atoms with Crippen LogP contribution in [-0.2, 0) is 19.0 Å². The summed E-state index contributed by atoms with van der Waals surface area (Å²) < 4.78 is 15.4. The second kappa shape index (κ2) is 9.64. The lowest BCUT2D eigenvalue weighted by atomic mass is 10.1. The first-order chi connectivity index (χ1) is 11.8. The van der Waals surface area contributed by atoms with Crippen LogP contribution in [0, 0.1) is 0 Å². The molecule has 152 valence electrons. The van der Waals surface area contributed by atoms with Crippen LogP contribution >= 0.6 is 0 Å². The number of nitrogens with zero attached hydrogens (tertiary/aromatic N) is 2. The van der Waals surface area contributed by atoms with E-state index in [4.69, 9.17) is 14.2 Å². The zero-order valence-electron chi connectivity index (χ0n) is 17.5. The first-order valence-corrected chi connectivity index (χ1v) is 8.89. The van der Waals surface area contributed by atoms with Crippen LogP contribution in [-0.4, -0.2) is 71.9 Å². The Morgan fingerprint density at radius 3 is 1.73 bits per heavy atom. The van der Waals surface area contributed by atoms with Gasteiger partial charge in [0, 0.05) is 13.1 Å². The summed E-state index contributed by atoms with van der Waals surface area (Å²) in [6, 6.07) is -0.925. The third kappa shape index (κ3) is 7.93. The number of hydrogen-bond donors (Lipinski definition) is 0. The Kier molecular flexibility index (Phi) is 8.90. The summed E-state index contributed by atoms with van der Waals surface area (Å²) in [6.07, 6.45) is -1.14. The lowest BCUT2D eigenvalue weighted by molar-refractivity contribution is -0.149. The molecule has 1 aliphatic rings. The lowest BCUT2D eigenvalue weighted by Crippen LogP contribution is -2.60. The molecule has 1 atom stereocenters. The largest absolute Gasteiger partial charge is 0.467 e. The van der Waals surface area contributed by atoms with Crippen molar-refractivity contribution < 1.29 is 28.6 Å². The summed E-state index contributed by atoms with van der Waals surface area (Å²) in [5.74, 6) is -0.603. The van der Waals surface area contributed by atoms with Crippen LogP contribution in [0.25, 0.3) is 0 Å². The summed E-state index contributed by atoms with van der Waals surface area (Å²) in [4.78, 5) is 39.2. The van der Waals surface area contributed by atoms with E-state index in [1.54, 1.807) is 41.5 Å². The molecule has 1 rings (SSSR count). The molecule has 0 spiro atoms. The third-order valence-electron chi connectivity index (χ3n) is 3.13. The molecular weight excluding hydrogens is 340 g/mol. The maximum absolute atomic E-state index is 12.3. The summed E-state index contributed by atoms with van der Waals surface area (Å²) in [5, 5.41) is 0. The number of esters is 1. The Morgan fingerprint density at radius 2 is 1.31 bits per heavy atom. The summed E-state index contributed by atoms with van der Waals surface area (Å²) in [5.41, 5.74) is -1.32. The van der Waals surface area contributed by atoms with Gasteiger partial charge in [-0.1, -0.05) is 13.8 Å². The number of hydrogen-bond acceptors (Lipinski definition) is 6. The van der Waals surface area contributed by atoms with E-state index in [9.17, 15) is 14.4 Å². The molecule has 8 heteroatoms.